The van der Waals surface area contributed by atoms with Gasteiger partial charge in [0, 0.05) is 23.4 Å². The van der Waals surface area contributed by atoms with Gasteiger partial charge in [0.2, 0.25) is 0 Å². The Kier molecular flexibility index (Phi) is 3.84. The Morgan fingerprint density at radius 3 is 2.54 bits per heavy atom. The Hall–Kier alpha value is -3.10. The third-order valence-electron chi connectivity index (χ3n) is 3.21. The highest BCUT2D eigenvalue weighted by Gasteiger charge is 2.34. The third kappa shape index (κ3) is 3.00. The topological polar surface area (TPSA) is 71.5 Å². The lowest BCUT2D eigenvalue weighted by atomic mass is 10.0. The van der Waals surface area contributed by atoms with Crippen LogP contribution in [0.2, 0.25) is 0 Å². The summed E-state index contributed by atoms with van der Waals surface area (Å²) in [6.07, 6.45) is -2.21. The molecule has 0 unspecified atom stereocenters. The van der Waals surface area contributed by atoms with E-state index in [0.717, 1.165) is 12.1 Å². The van der Waals surface area contributed by atoms with Crippen molar-refractivity contribution < 1.29 is 17.6 Å². The predicted molar refractivity (Wildman–Crippen MR) is 76.3 cm³/mol. The maximum absolute atomic E-state index is 13.5. The molecule has 5 nitrogen and oxygen atoms in total. The summed E-state index contributed by atoms with van der Waals surface area (Å²) in [5.74, 6) is -1.39. The van der Waals surface area contributed by atoms with Crippen LogP contribution in [0.3, 0.4) is 0 Å². The summed E-state index contributed by atoms with van der Waals surface area (Å²) in [5.41, 5.74) is -1.42. The zero-order valence-corrected chi connectivity index (χ0v) is 11.8. The minimum absolute atomic E-state index is 0.00594. The molecular formula is C15H8F4N4O. The molecule has 1 aromatic carbocycles. The van der Waals surface area contributed by atoms with Crippen LogP contribution in [-0.2, 0) is 6.18 Å². The average Bonchev–Trinajstić information content (AvgIpc) is 2.55. The van der Waals surface area contributed by atoms with Crippen molar-refractivity contribution in [3.63, 3.8) is 0 Å². The second-order valence-electron chi connectivity index (χ2n) is 4.78. The number of alkyl halides is 3. The Morgan fingerprint density at radius 1 is 1.08 bits per heavy atom. The summed E-state index contributed by atoms with van der Waals surface area (Å²) >= 11 is 0. The number of hydrogen-bond acceptors (Lipinski definition) is 4. The number of rotatable bonds is 2. The molecule has 9 heteroatoms. The van der Waals surface area contributed by atoms with E-state index in [1.807, 2.05) is 0 Å². The van der Waals surface area contributed by atoms with Crippen LogP contribution in [0.4, 0.5) is 17.6 Å². The molecule has 0 fully saturated rings. The molecule has 0 radical (unpaired) electrons. The van der Waals surface area contributed by atoms with Crippen LogP contribution < -0.4 is 5.56 Å². The first-order valence-corrected chi connectivity index (χ1v) is 6.59. The normalized spacial score (nSPS) is 11.5. The fourth-order valence-corrected chi connectivity index (χ4v) is 2.16. The highest BCUT2D eigenvalue weighted by Crippen LogP contribution is 2.35. The summed E-state index contributed by atoms with van der Waals surface area (Å²) < 4.78 is 52.1. The molecular weight excluding hydrogens is 328 g/mol. The lowest BCUT2D eigenvalue weighted by Crippen LogP contribution is -2.11. The zero-order chi connectivity index (χ0) is 17.3. The van der Waals surface area contributed by atoms with Gasteiger partial charge in [-0.15, -0.1) is 0 Å². The summed E-state index contributed by atoms with van der Waals surface area (Å²) in [5, 5.41) is 5.95. The van der Waals surface area contributed by atoms with Crippen LogP contribution in [0.25, 0.3) is 22.5 Å². The molecule has 0 saturated carbocycles. The number of benzene rings is 1. The zero-order valence-electron chi connectivity index (χ0n) is 11.8. The summed E-state index contributed by atoms with van der Waals surface area (Å²) in [6, 6.07) is 5.13. The highest BCUT2D eigenvalue weighted by molar-refractivity contribution is 5.78. The molecule has 3 rings (SSSR count). The molecule has 0 atom stereocenters. The molecule has 122 valence electrons. The van der Waals surface area contributed by atoms with Crippen LogP contribution in [0.5, 0.6) is 0 Å². The van der Waals surface area contributed by atoms with Crippen molar-refractivity contribution in [2.24, 2.45) is 0 Å². The van der Waals surface area contributed by atoms with Crippen molar-refractivity contribution in [3.05, 3.63) is 64.6 Å². The first kappa shape index (κ1) is 15.8. The maximum atomic E-state index is 13.5. The van der Waals surface area contributed by atoms with Crippen LogP contribution >= 0.6 is 0 Å². The van der Waals surface area contributed by atoms with Gasteiger partial charge in [0.25, 0.3) is 5.56 Å². The van der Waals surface area contributed by atoms with Gasteiger partial charge in [-0.1, -0.05) is 0 Å². The number of hydrogen-bond donors (Lipinski definition) is 1. The molecule has 0 bridgehead atoms. The van der Waals surface area contributed by atoms with Crippen LogP contribution in [0, 0.1) is 5.82 Å². The van der Waals surface area contributed by atoms with Crippen molar-refractivity contribution in [2.45, 2.75) is 6.18 Å². The summed E-state index contributed by atoms with van der Waals surface area (Å²) in [4.78, 5) is 19.2. The molecule has 2 heterocycles. The molecule has 2 aromatic heterocycles. The summed E-state index contributed by atoms with van der Waals surface area (Å²) in [6.45, 7) is 0. The molecule has 0 aliphatic rings. The van der Waals surface area contributed by atoms with Gasteiger partial charge in [0.1, 0.15) is 17.8 Å². The smallest absolute Gasteiger partial charge is 0.268 e. The Bertz CT molecular complexity index is 938. The number of nitrogens with one attached hydrogen (secondary N) is 1. The van der Waals surface area contributed by atoms with Gasteiger partial charge in [-0.2, -0.15) is 18.3 Å². The predicted octanol–water partition coefficient (Wildman–Crippen LogP) is 3.05. The second-order valence-corrected chi connectivity index (χ2v) is 4.78. The van der Waals surface area contributed by atoms with E-state index in [2.05, 4.69) is 20.2 Å². The lowest BCUT2D eigenvalue weighted by molar-refractivity contribution is -0.139. The SMILES string of the molecule is O=c1cc(-c2ccncn2)c(-c2ccc(F)c(C(F)(F)F)c2)n[nH]1. The Labute approximate surface area is 132 Å². The second kappa shape index (κ2) is 5.84. The number of aromatic amines is 1. The molecule has 0 spiro atoms. The molecule has 3 aromatic rings. The van der Waals surface area contributed by atoms with E-state index in [4.69, 9.17) is 0 Å². The highest BCUT2D eigenvalue weighted by atomic mass is 19.4. The van der Waals surface area contributed by atoms with E-state index in [0.29, 0.717) is 17.8 Å². The Balaban J connectivity index is 2.23. The third-order valence-corrected chi connectivity index (χ3v) is 3.21. The fourth-order valence-electron chi connectivity index (χ4n) is 2.16. The number of nitrogens with zero attached hydrogens (tertiary/aromatic N) is 3. The van der Waals surface area contributed by atoms with Crippen molar-refractivity contribution in [3.8, 4) is 22.5 Å². The van der Waals surface area contributed by atoms with Crippen LogP contribution in [-0.4, -0.2) is 20.2 Å². The van der Waals surface area contributed by atoms with E-state index >= 15 is 0 Å². The molecule has 0 amide bonds. The average molecular weight is 336 g/mol. The van der Waals surface area contributed by atoms with E-state index in [-0.39, 0.29) is 16.8 Å². The van der Waals surface area contributed by atoms with E-state index in [9.17, 15) is 22.4 Å². The molecule has 0 aliphatic heterocycles. The van der Waals surface area contributed by atoms with Crippen molar-refractivity contribution in [1.82, 2.24) is 20.2 Å². The first-order chi connectivity index (χ1) is 11.4. The number of halogens is 4. The van der Waals surface area contributed by atoms with Gasteiger partial charge >= 0.3 is 6.18 Å². The number of aromatic nitrogens is 4. The van der Waals surface area contributed by atoms with Gasteiger partial charge in [-0.3, -0.25) is 4.79 Å². The van der Waals surface area contributed by atoms with Crippen LogP contribution in [0.1, 0.15) is 5.56 Å². The van der Waals surface area contributed by atoms with Crippen molar-refractivity contribution in [2.75, 3.05) is 0 Å². The largest absolute Gasteiger partial charge is 0.419 e. The van der Waals surface area contributed by atoms with Gasteiger partial charge in [0.15, 0.2) is 0 Å². The van der Waals surface area contributed by atoms with Gasteiger partial charge in [0.05, 0.1) is 11.3 Å². The quantitative estimate of drug-likeness (QED) is 0.730. The van der Waals surface area contributed by atoms with Crippen LogP contribution in [0.15, 0.2) is 47.7 Å². The van der Waals surface area contributed by atoms with Gasteiger partial charge < -0.3 is 0 Å². The van der Waals surface area contributed by atoms with Gasteiger partial charge in [-0.25, -0.2) is 19.5 Å². The van der Waals surface area contributed by atoms with Gasteiger partial charge in [-0.05, 0) is 24.3 Å². The van der Waals surface area contributed by atoms with E-state index in [1.54, 1.807) is 0 Å². The monoisotopic (exact) mass is 336 g/mol. The lowest BCUT2D eigenvalue weighted by Gasteiger charge is -2.11. The fraction of sp³-hybridized carbons (Fsp3) is 0.0667. The van der Waals surface area contributed by atoms with Crippen molar-refractivity contribution >= 4 is 0 Å². The number of H-pyrrole nitrogens is 1. The summed E-state index contributed by atoms with van der Waals surface area (Å²) in [7, 11) is 0. The molecule has 0 saturated heterocycles. The first-order valence-electron chi connectivity index (χ1n) is 6.59. The maximum Gasteiger partial charge on any atom is 0.419 e. The standard InChI is InChI=1S/C15H8F4N4O/c16-11-2-1-8(5-10(11)15(17,18)19)14-9(6-13(24)22-23-14)12-3-4-20-7-21-12/h1-7H,(H,22,24). The minimum atomic E-state index is -4.85. The minimum Gasteiger partial charge on any atom is -0.268 e. The van der Waals surface area contributed by atoms with E-state index in [1.165, 1.54) is 18.6 Å². The molecule has 24 heavy (non-hydrogen) atoms. The molecule has 0 aliphatic carbocycles. The molecule has 1 N–H and O–H groups in total. The van der Waals surface area contributed by atoms with E-state index < -0.39 is 23.1 Å². The van der Waals surface area contributed by atoms with Crippen molar-refractivity contribution in [1.29, 1.82) is 0 Å². The Morgan fingerprint density at radius 2 is 1.88 bits per heavy atom.